The van der Waals surface area contributed by atoms with Gasteiger partial charge in [0.25, 0.3) is 0 Å². The summed E-state index contributed by atoms with van der Waals surface area (Å²) >= 11 is 3.30. The molecule has 3 rings (SSSR count). The van der Waals surface area contributed by atoms with Gasteiger partial charge < -0.3 is 0 Å². The van der Waals surface area contributed by atoms with Crippen molar-refractivity contribution in [2.24, 2.45) is 5.92 Å². The molecule has 2 aromatic rings. The Bertz CT molecular complexity index is 1140. The number of rotatable bonds is 7. The van der Waals surface area contributed by atoms with Crippen LogP contribution in [-0.4, -0.2) is 38.4 Å². The third-order valence-electron chi connectivity index (χ3n) is 5.69. The Hall–Kier alpha value is -1.77. The number of ketones is 1. The Morgan fingerprint density at radius 2 is 1.48 bits per heavy atom. The second-order valence-corrected chi connectivity index (χ2v) is 12.4. The number of benzene rings is 2. The van der Waals surface area contributed by atoms with E-state index < -0.39 is 41.9 Å². The summed E-state index contributed by atoms with van der Waals surface area (Å²) in [4.78, 5) is 13.2. The van der Waals surface area contributed by atoms with E-state index in [9.17, 15) is 21.6 Å². The lowest BCUT2D eigenvalue weighted by atomic mass is 9.92. The van der Waals surface area contributed by atoms with Crippen molar-refractivity contribution < 1.29 is 21.6 Å². The number of carbonyl (C=O) groups excluding carboxylic acids is 1. The number of hydrogen-bond acceptors (Lipinski definition) is 5. The molecule has 1 aliphatic carbocycles. The second kappa shape index (κ2) is 9.79. The van der Waals surface area contributed by atoms with Crippen LogP contribution in [0.5, 0.6) is 0 Å². The second-order valence-electron chi connectivity index (χ2n) is 7.73. The summed E-state index contributed by atoms with van der Waals surface area (Å²) in [6, 6.07) is 15.7. The number of alkyl halides is 1. The fraction of sp³-hybridized carbons (Fsp3) is 0.348. The van der Waals surface area contributed by atoms with Gasteiger partial charge in [-0.05, 0) is 42.7 Å². The molecule has 2 aromatic carbocycles. The first-order valence-corrected chi connectivity index (χ1v) is 14.3. The van der Waals surface area contributed by atoms with Crippen molar-refractivity contribution in [3.8, 4) is 0 Å². The summed E-state index contributed by atoms with van der Waals surface area (Å²) in [6.07, 6.45) is 1.54. The van der Waals surface area contributed by atoms with Crippen molar-refractivity contribution in [3.63, 3.8) is 0 Å². The molecule has 0 aliphatic heterocycles. The molecule has 31 heavy (non-hydrogen) atoms. The third-order valence-corrected chi connectivity index (χ3v) is 10.9. The molecule has 8 heteroatoms. The van der Waals surface area contributed by atoms with Gasteiger partial charge in [0, 0.05) is 17.7 Å². The Balaban J connectivity index is 2.20. The van der Waals surface area contributed by atoms with Crippen LogP contribution in [0.25, 0.3) is 0 Å². The summed E-state index contributed by atoms with van der Waals surface area (Å²) in [5, 5.41) is -2.44. The lowest BCUT2D eigenvalue weighted by molar-refractivity contribution is -0.119. The van der Waals surface area contributed by atoms with E-state index in [1.54, 1.807) is 36.4 Å². The van der Waals surface area contributed by atoms with Crippen LogP contribution >= 0.6 is 15.9 Å². The van der Waals surface area contributed by atoms with Crippen LogP contribution in [-0.2, 0) is 24.5 Å². The smallest absolute Gasteiger partial charge is 0.188 e. The largest absolute Gasteiger partial charge is 0.298 e. The predicted molar refractivity (Wildman–Crippen MR) is 125 cm³/mol. The molecule has 1 saturated carbocycles. The minimum atomic E-state index is -4.08. The van der Waals surface area contributed by atoms with Crippen molar-refractivity contribution in [3.05, 3.63) is 72.8 Å². The molecule has 0 saturated heterocycles. The Labute approximate surface area is 192 Å². The van der Waals surface area contributed by atoms with Crippen LogP contribution in [0.1, 0.15) is 25.7 Å². The van der Waals surface area contributed by atoms with Crippen LogP contribution < -0.4 is 0 Å². The Morgan fingerprint density at radius 1 is 0.935 bits per heavy atom. The highest BCUT2D eigenvalue weighted by Gasteiger charge is 2.49. The average Bonchev–Trinajstić information content (AvgIpc) is 2.96. The van der Waals surface area contributed by atoms with Crippen LogP contribution in [0.15, 0.2) is 82.6 Å². The van der Waals surface area contributed by atoms with Gasteiger partial charge in [0.2, 0.25) is 0 Å². The van der Waals surface area contributed by atoms with E-state index in [0.29, 0.717) is 24.8 Å². The number of carbonyl (C=O) groups is 1. The minimum absolute atomic E-state index is 0.0283. The molecule has 1 aliphatic rings. The van der Waals surface area contributed by atoms with E-state index in [4.69, 9.17) is 0 Å². The van der Waals surface area contributed by atoms with E-state index in [1.807, 2.05) is 0 Å². The molecule has 0 heterocycles. The first-order valence-electron chi connectivity index (χ1n) is 10.1. The molecule has 166 valence electrons. The highest BCUT2D eigenvalue weighted by Crippen LogP contribution is 2.39. The van der Waals surface area contributed by atoms with Crippen molar-refractivity contribution in [2.45, 2.75) is 46.0 Å². The minimum Gasteiger partial charge on any atom is -0.298 e. The summed E-state index contributed by atoms with van der Waals surface area (Å²) in [5.41, 5.74) is 0.344. The van der Waals surface area contributed by atoms with E-state index >= 15 is 0 Å². The summed E-state index contributed by atoms with van der Waals surface area (Å²) in [5.74, 6) is -1.35. The van der Waals surface area contributed by atoms with Gasteiger partial charge in [-0.2, -0.15) is 0 Å². The third kappa shape index (κ3) is 4.86. The average molecular weight is 525 g/mol. The zero-order valence-electron chi connectivity index (χ0n) is 17.0. The summed E-state index contributed by atoms with van der Waals surface area (Å²) in [7, 11) is -8.06. The highest BCUT2D eigenvalue weighted by molar-refractivity contribution is 9.09. The van der Waals surface area contributed by atoms with Gasteiger partial charge in [-0.15, -0.1) is 0 Å². The molecular weight excluding hydrogens is 500 g/mol. The van der Waals surface area contributed by atoms with E-state index in [-0.39, 0.29) is 21.5 Å². The SMILES string of the molecule is C=C(CBr)[C@H]([C@H]1CCCCC(=O)[C@H]1S(=O)(=O)c1ccccc1)S(=O)(=O)c1ccccc1. The number of Topliss-reactive ketones (excluding diaryl/α,β-unsaturated/α-hetero) is 1. The van der Waals surface area contributed by atoms with Gasteiger partial charge in [0.05, 0.1) is 15.0 Å². The maximum Gasteiger partial charge on any atom is 0.188 e. The topological polar surface area (TPSA) is 85.3 Å². The monoisotopic (exact) mass is 524 g/mol. The molecular formula is C23H25BrO5S2. The van der Waals surface area contributed by atoms with Gasteiger partial charge in [-0.3, -0.25) is 4.79 Å². The lowest BCUT2D eigenvalue weighted by Crippen LogP contribution is -2.45. The predicted octanol–water partition coefficient (Wildman–Crippen LogP) is 4.38. The van der Waals surface area contributed by atoms with Crippen molar-refractivity contribution in [1.29, 1.82) is 0 Å². The lowest BCUT2D eigenvalue weighted by Gasteiger charge is -2.32. The molecule has 0 spiro atoms. The first kappa shape index (κ1) is 23.9. The standard InChI is InChI=1S/C23H25BrO5S2/c1-17(16-24)22(30(26,27)18-10-4-2-5-11-18)20-14-8-9-15-21(25)23(20)31(28,29)19-12-6-3-7-13-19/h2-7,10-13,20,22-23H,1,8-9,14-16H2/t20-,22-,23+/m1/s1. The quantitative estimate of drug-likeness (QED) is 0.304. The van der Waals surface area contributed by atoms with Gasteiger partial charge in [0.1, 0.15) is 5.25 Å². The van der Waals surface area contributed by atoms with Gasteiger partial charge >= 0.3 is 0 Å². The van der Waals surface area contributed by atoms with Crippen molar-refractivity contribution >= 4 is 41.4 Å². The summed E-state index contributed by atoms with van der Waals surface area (Å²) in [6.45, 7) is 3.95. The van der Waals surface area contributed by atoms with Gasteiger partial charge in [0.15, 0.2) is 25.5 Å². The van der Waals surface area contributed by atoms with E-state index in [1.165, 1.54) is 24.3 Å². The number of halogens is 1. The molecule has 0 unspecified atom stereocenters. The van der Waals surface area contributed by atoms with Crippen LogP contribution in [0.3, 0.4) is 0 Å². The fourth-order valence-corrected chi connectivity index (χ4v) is 9.08. The van der Waals surface area contributed by atoms with Gasteiger partial charge in [-0.25, -0.2) is 16.8 Å². The number of hydrogen-bond donors (Lipinski definition) is 0. The molecule has 3 atom stereocenters. The maximum atomic E-state index is 13.7. The Morgan fingerprint density at radius 3 is 2.03 bits per heavy atom. The zero-order chi connectivity index (χ0) is 22.6. The molecule has 5 nitrogen and oxygen atoms in total. The molecule has 0 amide bonds. The van der Waals surface area contributed by atoms with Crippen molar-refractivity contribution in [2.75, 3.05) is 5.33 Å². The molecule has 0 bridgehead atoms. The molecule has 0 N–H and O–H groups in total. The maximum absolute atomic E-state index is 13.7. The Kier molecular flexibility index (Phi) is 7.55. The normalized spacial score (nSPS) is 21.3. The fourth-order valence-electron chi connectivity index (χ4n) is 4.27. The van der Waals surface area contributed by atoms with E-state index in [2.05, 4.69) is 22.5 Å². The van der Waals surface area contributed by atoms with Crippen LogP contribution in [0.2, 0.25) is 0 Å². The van der Waals surface area contributed by atoms with E-state index in [0.717, 1.165) is 0 Å². The molecule has 0 aromatic heterocycles. The number of sulfone groups is 2. The van der Waals surface area contributed by atoms with Crippen molar-refractivity contribution in [1.82, 2.24) is 0 Å². The summed E-state index contributed by atoms with van der Waals surface area (Å²) < 4.78 is 54.5. The van der Waals surface area contributed by atoms with Gasteiger partial charge in [-0.1, -0.05) is 65.3 Å². The zero-order valence-corrected chi connectivity index (χ0v) is 20.2. The van der Waals surface area contributed by atoms with Crippen LogP contribution in [0.4, 0.5) is 0 Å². The first-order chi connectivity index (χ1) is 14.7. The van der Waals surface area contributed by atoms with Crippen LogP contribution in [0, 0.1) is 5.92 Å². The highest BCUT2D eigenvalue weighted by atomic mass is 79.9. The molecule has 0 radical (unpaired) electrons. The molecule has 1 fully saturated rings.